The molecule has 0 aliphatic carbocycles. The summed E-state index contributed by atoms with van der Waals surface area (Å²) in [7, 11) is 0. The van der Waals surface area contributed by atoms with Crippen LogP contribution in [0.5, 0.6) is 0 Å². The minimum Gasteiger partial charge on any atom is -0.469 e. The molecular formula is C21H36N4O2. The van der Waals surface area contributed by atoms with Gasteiger partial charge in [0, 0.05) is 51.7 Å². The first-order valence-corrected chi connectivity index (χ1v) is 10.6. The van der Waals surface area contributed by atoms with Crippen LogP contribution in [0.2, 0.25) is 0 Å². The second-order valence-electron chi connectivity index (χ2n) is 7.74. The van der Waals surface area contributed by atoms with Crippen LogP contribution in [0, 0.1) is 11.8 Å². The van der Waals surface area contributed by atoms with Crippen LogP contribution in [0.3, 0.4) is 0 Å². The fourth-order valence-electron chi connectivity index (χ4n) is 3.98. The van der Waals surface area contributed by atoms with E-state index in [-0.39, 0.29) is 0 Å². The van der Waals surface area contributed by atoms with Crippen molar-refractivity contribution in [2.75, 3.05) is 59.0 Å². The van der Waals surface area contributed by atoms with Crippen LogP contribution in [-0.4, -0.2) is 74.8 Å². The van der Waals surface area contributed by atoms with Gasteiger partial charge in [-0.05, 0) is 44.0 Å². The van der Waals surface area contributed by atoms with Crippen molar-refractivity contribution < 1.29 is 9.15 Å². The molecule has 1 N–H and O–H groups in total. The smallest absolute Gasteiger partial charge is 0.193 e. The Morgan fingerprint density at radius 3 is 2.89 bits per heavy atom. The summed E-state index contributed by atoms with van der Waals surface area (Å²) in [5, 5.41) is 3.59. The van der Waals surface area contributed by atoms with Crippen LogP contribution >= 0.6 is 0 Å². The summed E-state index contributed by atoms with van der Waals surface area (Å²) in [4.78, 5) is 9.95. The average molecular weight is 377 g/mol. The van der Waals surface area contributed by atoms with Gasteiger partial charge in [0.05, 0.1) is 12.9 Å². The van der Waals surface area contributed by atoms with Gasteiger partial charge in [-0.25, -0.2) is 0 Å². The van der Waals surface area contributed by atoms with Crippen LogP contribution < -0.4 is 5.32 Å². The third kappa shape index (κ3) is 6.25. The molecule has 2 aliphatic rings. The van der Waals surface area contributed by atoms with Crippen molar-refractivity contribution in [1.82, 2.24) is 15.1 Å². The van der Waals surface area contributed by atoms with Crippen molar-refractivity contribution in [3.8, 4) is 0 Å². The second kappa shape index (κ2) is 10.7. The number of rotatable bonds is 9. The lowest BCUT2D eigenvalue weighted by atomic mass is 10.1. The molecule has 0 bridgehead atoms. The lowest BCUT2D eigenvalue weighted by Gasteiger charge is -2.25. The van der Waals surface area contributed by atoms with E-state index in [1.54, 1.807) is 6.26 Å². The molecule has 0 amide bonds. The molecule has 2 unspecified atom stereocenters. The zero-order chi connectivity index (χ0) is 18.9. The predicted octanol–water partition coefficient (Wildman–Crippen LogP) is 2.47. The maximum Gasteiger partial charge on any atom is 0.193 e. The van der Waals surface area contributed by atoms with Crippen molar-refractivity contribution in [2.45, 2.75) is 33.1 Å². The Balaban J connectivity index is 1.54. The summed E-state index contributed by atoms with van der Waals surface area (Å²) in [6, 6.07) is 3.98. The fourth-order valence-corrected chi connectivity index (χ4v) is 3.98. The number of furan rings is 1. The Bertz CT molecular complexity index is 551. The molecule has 2 aliphatic heterocycles. The van der Waals surface area contributed by atoms with E-state index in [1.165, 1.54) is 13.0 Å². The summed E-state index contributed by atoms with van der Waals surface area (Å²) in [5.41, 5.74) is 0. The Morgan fingerprint density at radius 2 is 2.19 bits per heavy atom. The molecule has 2 fully saturated rings. The van der Waals surface area contributed by atoms with E-state index >= 15 is 0 Å². The van der Waals surface area contributed by atoms with E-state index < -0.39 is 0 Å². The van der Waals surface area contributed by atoms with Crippen molar-refractivity contribution in [3.63, 3.8) is 0 Å². The highest BCUT2D eigenvalue weighted by Crippen LogP contribution is 2.18. The van der Waals surface area contributed by atoms with Gasteiger partial charge in [-0.15, -0.1) is 0 Å². The quantitative estimate of drug-likeness (QED) is 0.530. The van der Waals surface area contributed by atoms with E-state index in [9.17, 15) is 0 Å². The minimum atomic E-state index is 0.570. The van der Waals surface area contributed by atoms with Crippen molar-refractivity contribution >= 4 is 5.96 Å². The molecule has 2 saturated heterocycles. The Morgan fingerprint density at radius 1 is 1.30 bits per heavy atom. The molecule has 152 valence electrons. The van der Waals surface area contributed by atoms with Gasteiger partial charge in [0.2, 0.25) is 0 Å². The molecule has 27 heavy (non-hydrogen) atoms. The first-order chi connectivity index (χ1) is 13.3. The van der Waals surface area contributed by atoms with Crippen molar-refractivity contribution in [2.24, 2.45) is 16.8 Å². The lowest BCUT2D eigenvalue weighted by Crippen LogP contribution is -2.42. The summed E-state index contributed by atoms with van der Waals surface area (Å²) in [5.74, 6) is 3.39. The molecule has 0 aromatic carbocycles. The van der Waals surface area contributed by atoms with Crippen LogP contribution in [0.4, 0.5) is 0 Å². The van der Waals surface area contributed by atoms with Gasteiger partial charge >= 0.3 is 0 Å². The number of hydrogen-bond acceptors (Lipinski definition) is 4. The standard InChI is InChI=1S/C21H36N4O2/c1-3-24(4-2)15-19-8-11-25(16-19)21(23-14-18-9-13-26-17-18)22-10-7-20-6-5-12-27-20/h5-6,12,18-19H,3-4,7-11,13-17H2,1-2H3,(H,22,23). The molecule has 0 saturated carbocycles. The highest BCUT2D eigenvalue weighted by Gasteiger charge is 2.26. The predicted molar refractivity (Wildman–Crippen MR) is 109 cm³/mol. The number of nitrogens with zero attached hydrogens (tertiary/aromatic N) is 3. The first-order valence-electron chi connectivity index (χ1n) is 10.6. The monoisotopic (exact) mass is 376 g/mol. The van der Waals surface area contributed by atoms with Gasteiger partial charge in [-0.2, -0.15) is 0 Å². The molecule has 6 heteroatoms. The van der Waals surface area contributed by atoms with Gasteiger partial charge in [-0.3, -0.25) is 4.99 Å². The summed E-state index contributed by atoms with van der Waals surface area (Å²) >= 11 is 0. The third-order valence-corrected chi connectivity index (χ3v) is 5.75. The highest BCUT2D eigenvalue weighted by molar-refractivity contribution is 5.80. The van der Waals surface area contributed by atoms with Crippen molar-refractivity contribution in [1.29, 1.82) is 0 Å². The van der Waals surface area contributed by atoms with Gasteiger partial charge in [0.15, 0.2) is 5.96 Å². The van der Waals surface area contributed by atoms with E-state index in [4.69, 9.17) is 14.1 Å². The molecular weight excluding hydrogens is 340 g/mol. The van der Waals surface area contributed by atoms with Crippen molar-refractivity contribution in [3.05, 3.63) is 24.2 Å². The lowest BCUT2D eigenvalue weighted by molar-refractivity contribution is 0.187. The summed E-state index contributed by atoms with van der Waals surface area (Å²) in [6.07, 6.45) is 5.01. The molecule has 0 spiro atoms. The fraction of sp³-hybridized carbons (Fsp3) is 0.762. The molecule has 6 nitrogen and oxygen atoms in total. The van der Waals surface area contributed by atoms with Crippen LogP contribution in [0.1, 0.15) is 32.4 Å². The zero-order valence-electron chi connectivity index (χ0n) is 17.0. The number of ether oxygens (including phenoxy) is 1. The molecule has 2 atom stereocenters. The number of hydrogen-bond donors (Lipinski definition) is 1. The summed E-state index contributed by atoms with van der Waals surface area (Å²) < 4.78 is 11.0. The Kier molecular flexibility index (Phi) is 8.02. The first kappa shape index (κ1) is 20.2. The van der Waals surface area contributed by atoms with Gasteiger partial charge in [0.25, 0.3) is 0 Å². The molecule has 1 aromatic rings. The molecule has 0 radical (unpaired) electrons. The second-order valence-corrected chi connectivity index (χ2v) is 7.74. The largest absolute Gasteiger partial charge is 0.469 e. The van der Waals surface area contributed by atoms with E-state index in [1.807, 2.05) is 12.1 Å². The van der Waals surface area contributed by atoms with Crippen LogP contribution in [0.25, 0.3) is 0 Å². The Labute approximate surface area is 163 Å². The van der Waals surface area contributed by atoms with E-state index in [2.05, 4.69) is 29.0 Å². The van der Waals surface area contributed by atoms with Gasteiger partial charge in [-0.1, -0.05) is 13.8 Å². The number of likely N-dealkylation sites (tertiary alicyclic amines) is 1. The minimum absolute atomic E-state index is 0.570. The maximum atomic E-state index is 5.51. The Hall–Kier alpha value is -1.53. The van der Waals surface area contributed by atoms with E-state index in [0.717, 1.165) is 83.0 Å². The zero-order valence-corrected chi connectivity index (χ0v) is 17.0. The SMILES string of the molecule is CCN(CC)CC1CCN(C(=NCC2CCOC2)NCCc2ccco2)C1. The van der Waals surface area contributed by atoms with Crippen LogP contribution in [0.15, 0.2) is 27.8 Å². The van der Waals surface area contributed by atoms with E-state index in [0.29, 0.717) is 5.92 Å². The van der Waals surface area contributed by atoms with Gasteiger partial charge < -0.3 is 24.3 Å². The number of guanidine groups is 1. The maximum absolute atomic E-state index is 5.51. The number of aliphatic imine (C=N–C) groups is 1. The average Bonchev–Trinajstić information content (AvgIpc) is 3.45. The molecule has 1 aromatic heterocycles. The topological polar surface area (TPSA) is 53.2 Å². The highest BCUT2D eigenvalue weighted by atomic mass is 16.5. The third-order valence-electron chi connectivity index (χ3n) is 5.75. The normalized spacial score (nSPS) is 23.5. The van der Waals surface area contributed by atoms with Gasteiger partial charge in [0.1, 0.15) is 5.76 Å². The van der Waals surface area contributed by atoms with Crippen LogP contribution in [-0.2, 0) is 11.2 Å². The molecule has 3 rings (SSSR count). The summed E-state index contributed by atoms with van der Waals surface area (Å²) in [6.45, 7) is 13.6. The number of nitrogens with one attached hydrogen (secondary N) is 1. The molecule has 3 heterocycles.